The van der Waals surface area contributed by atoms with Crippen LogP contribution >= 0.6 is 0 Å². The molecular formula is C40H48N4OSi. The van der Waals surface area contributed by atoms with Crippen LogP contribution in [0.25, 0.3) is 11.3 Å². The lowest BCUT2D eigenvalue weighted by Crippen LogP contribution is -2.46. The van der Waals surface area contributed by atoms with E-state index in [0.717, 1.165) is 35.5 Å². The van der Waals surface area contributed by atoms with Gasteiger partial charge in [-0.25, -0.2) is 4.98 Å². The van der Waals surface area contributed by atoms with Gasteiger partial charge in [0.05, 0.1) is 31.7 Å². The molecule has 2 unspecified atom stereocenters. The first-order chi connectivity index (χ1) is 22.2. The number of para-hydroxylation sites is 1. The highest BCUT2D eigenvalue weighted by molar-refractivity contribution is 6.79. The Kier molecular flexibility index (Phi) is 7.37. The third-order valence-corrected chi connectivity index (χ3v) is 16.7. The van der Waals surface area contributed by atoms with Gasteiger partial charge in [0.15, 0.2) is 0 Å². The van der Waals surface area contributed by atoms with Crippen molar-refractivity contribution in [3.8, 4) is 17.0 Å². The third-order valence-electron chi connectivity index (χ3n) is 12.2. The van der Waals surface area contributed by atoms with Crippen molar-refractivity contribution >= 4 is 13.9 Å². The summed E-state index contributed by atoms with van der Waals surface area (Å²) in [6.45, 7) is 10.2. The van der Waals surface area contributed by atoms with Crippen molar-refractivity contribution in [3.05, 3.63) is 106 Å². The van der Waals surface area contributed by atoms with Crippen LogP contribution in [-0.4, -0.2) is 46.8 Å². The van der Waals surface area contributed by atoms with Gasteiger partial charge in [-0.15, -0.1) is 0 Å². The van der Waals surface area contributed by atoms with E-state index in [9.17, 15) is 5.11 Å². The number of benzene rings is 2. The molecule has 4 aliphatic rings. The lowest BCUT2D eigenvalue weighted by molar-refractivity contribution is 0.105. The van der Waals surface area contributed by atoms with Crippen LogP contribution in [0.1, 0.15) is 99.2 Å². The molecule has 1 aliphatic carbocycles. The number of pyridine rings is 2. The van der Waals surface area contributed by atoms with E-state index in [2.05, 4.69) is 86.0 Å². The SMILES string of the molecule is CC1C(C)N(C(C)(C)c2cc3c(c(-c4ccccc4O)n2)C[Si]2(Cc4ccccc4C2)C3)CN1c1cc(C2CCCCC2)ccn1. The van der Waals surface area contributed by atoms with Gasteiger partial charge >= 0.3 is 0 Å². The standard InChI is InChI=1S/C40H48N4OSi/c1-27-28(2)44(26-43(27)38-21-30(18-19-41-38)29-12-6-5-7-13-29)40(3,4)37-20-33-24-46(22-31-14-8-9-15-32(31)23-46)25-35(33)39(42-37)34-16-10-11-17-36(34)45/h8-11,14-21,27-29,45H,5-7,12-13,22-26H2,1-4H3. The molecule has 1 N–H and O–H groups in total. The molecule has 0 amide bonds. The molecule has 46 heavy (non-hydrogen) atoms. The molecule has 2 atom stereocenters. The Labute approximate surface area is 275 Å². The fourth-order valence-electron chi connectivity index (χ4n) is 9.39. The number of rotatable bonds is 5. The predicted molar refractivity (Wildman–Crippen MR) is 190 cm³/mol. The topological polar surface area (TPSA) is 52.5 Å². The van der Waals surface area contributed by atoms with Crippen molar-refractivity contribution in [1.29, 1.82) is 0 Å². The summed E-state index contributed by atoms with van der Waals surface area (Å²) < 4.78 is 0. The number of hydrogen-bond acceptors (Lipinski definition) is 5. The van der Waals surface area contributed by atoms with Crippen molar-refractivity contribution in [3.63, 3.8) is 0 Å². The zero-order chi connectivity index (χ0) is 31.6. The molecule has 2 aromatic carbocycles. The number of aromatic hydroxyl groups is 1. The molecule has 5 heterocycles. The van der Waals surface area contributed by atoms with Crippen molar-refractivity contribution in [2.24, 2.45) is 0 Å². The van der Waals surface area contributed by atoms with E-state index in [1.807, 2.05) is 24.4 Å². The summed E-state index contributed by atoms with van der Waals surface area (Å²) in [5, 5.41) is 11.1. The highest BCUT2D eigenvalue weighted by Gasteiger charge is 2.48. The summed E-state index contributed by atoms with van der Waals surface area (Å²) in [6.07, 6.45) is 8.69. The van der Waals surface area contributed by atoms with E-state index in [1.165, 1.54) is 66.9 Å². The molecule has 5 nitrogen and oxygen atoms in total. The Morgan fingerprint density at radius 1 is 0.804 bits per heavy atom. The Hall–Kier alpha value is -3.48. The van der Waals surface area contributed by atoms with Gasteiger partial charge in [-0.2, -0.15) is 0 Å². The van der Waals surface area contributed by atoms with Crippen molar-refractivity contribution < 1.29 is 5.11 Å². The van der Waals surface area contributed by atoms with Crippen LogP contribution in [0, 0.1) is 0 Å². The van der Waals surface area contributed by atoms with Gasteiger partial charge in [0.25, 0.3) is 0 Å². The van der Waals surface area contributed by atoms with Gasteiger partial charge in [0.1, 0.15) is 11.6 Å². The predicted octanol–water partition coefficient (Wildman–Crippen LogP) is 8.19. The maximum absolute atomic E-state index is 11.1. The Morgan fingerprint density at radius 2 is 1.50 bits per heavy atom. The molecule has 238 valence electrons. The van der Waals surface area contributed by atoms with Crippen LogP contribution in [0.15, 0.2) is 72.9 Å². The lowest BCUT2D eigenvalue weighted by Gasteiger charge is -2.38. The number of phenols is 1. The van der Waals surface area contributed by atoms with Gasteiger partial charge in [0, 0.05) is 23.8 Å². The minimum absolute atomic E-state index is 0.312. The summed E-state index contributed by atoms with van der Waals surface area (Å²) in [5.41, 5.74) is 10.1. The number of nitrogens with zero attached hydrogens (tertiary/aromatic N) is 4. The molecule has 1 saturated carbocycles. The minimum atomic E-state index is -1.62. The van der Waals surface area contributed by atoms with E-state index in [0.29, 0.717) is 23.8 Å². The van der Waals surface area contributed by atoms with Gasteiger partial charge in [-0.1, -0.05) is 55.7 Å². The maximum atomic E-state index is 11.1. The highest BCUT2D eigenvalue weighted by atomic mass is 28.3. The highest BCUT2D eigenvalue weighted by Crippen LogP contribution is 2.46. The largest absolute Gasteiger partial charge is 0.507 e. The van der Waals surface area contributed by atoms with E-state index >= 15 is 0 Å². The molecule has 6 heteroatoms. The van der Waals surface area contributed by atoms with Crippen LogP contribution in [0.3, 0.4) is 0 Å². The number of fused-ring (bicyclic) bond motifs is 2. The second-order valence-corrected chi connectivity index (χ2v) is 19.8. The Balaban J connectivity index is 1.14. The molecule has 3 aliphatic heterocycles. The third kappa shape index (κ3) is 5.00. The zero-order valence-electron chi connectivity index (χ0n) is 28.0. The number of phenolic OH excluding ortho intramolecular Hbond substituents is 1. The van der Waals surface area contributed by atoms with Gasteiger partial charge in [0.2, 0.25) is 0 Å². The average molecular weight is 629 g/mol. The summed E-state index contributed by atoms with van der Waals surface area (Å²) >= 11 is 0. The van der Waals surface area contributed by atoms with Gasteiger partial charge < -0.3 is 10.0 Å². The Bertz CT molecular complexity index is 1750. The first-order valence-corrected chi connectivity index (χ1v) is 20.4. The summed E-state index contributed by atoms with van der Waals surface area (Å²) in [4.78, 5) is 15.6. The van der Waals surface area contributed by atoms with Crippen LogP contribution in [0.5, 0.6) is 5.75 Å². The van der Waals surface area contributed by atoms with E-state index in [4.69, 9.17) is 9.97 Å². The number of anilines is 1. The molecular weight excluding hydrogens is 581 g/mol. The quantitative estimate of drug-likeness (QED) is 0.226. The molecule has 1 saturated heterocycles. The monoisotopic (exact) mass is 628 g/mol. The van der Waals surface area contributed by atoms with Gasteiger partial charge in [-0.3, -0.25) is 9.88 Å². The molecule has 4 aromatic rings. The van der Waals surface area contributed by atoms with Crippen molar-refractivity contribution in [1.82, 2.24) is 14.9 Å². The van der Waals surface area contributed by atoms with E-state index in [-0.39, 0.29) is 5.54 Å². The molecule has 1 spiro atoms. The van der Waals surface area contributed by atoms with Gasteiger partial charge in [-0.05, 0) is 129 Å². The van der Waals surface area contributed by atoms with Crippen LogP contribution < -0.4 is 4.90 Å². The van der Waals surface area contributed by atoms with Crippen LogP contribution in [0.4, 0.5) is 5.82 Å². The number of hydrogen-bond donors (Lipinski definition) is 1. The van der Waals surface area contributed by atoms with Crippen molar-refractivity contribution in [2.45, 2.75) is 108 Å². The van der Waals surface area contributed by atoms with E-state index < -0.39 is 8.07 Å². The molecule has 0 radical (unpaired) electrons. The minimum Gasteiger partial charge on any atom is -0.507 e. The first-order valence-electron chi connectivity index (χ1n) is 17.6. The molecule has 0 bridgehead atoms. The van der Waals surface area contributed by atoms with Crippen LogP contribution in [0.2, 0.25) is 0 Å². The summed E-state index contributed by atoms with van der Waals surface area (Å²) in [5.74, 6) is 2.09. The smallest absolute Gasteiger partial charge is 0.130 e. The molecule has 2 fully saturated rings. The second kappa shape index (κ2) is 11.3. The molecule has 2 aromatic heterocycles. The fourth-order valence-corrected chi connectivity index (χ4v) is 14.7. The number of aromatic nitrogens is 2. The van der Waals surface area contributed by atoms with Crippen molar-refractivity contribution in [2.75, 3.05) is 11.6 Å². The van der Waals surface area contributed by atoms with E-state index in [1.54, 1.807) is 11.1 Å². The molecule has 8 rings (SSSR count). The fraction of sp³-hybridized carbons (Fsp3) is 0.450. The zero-order valence-corrected chi connectivity index (χ0v) is 29.0. The summed E-state index contributed by atoms with van der Waals surface area (Å²) in [6, 6.07) is 29.5. The maximum Gasteiger partial charge on any atom is 0.130 e. The Morgan fingerprint density at radius 3 is 2.24 bits per heavy atom. The average Bonchev–Trinajstić information content (AvgIpc) is 3.72. The van der Waals surface area contributed by atoms with Crippen LogP contribution in [-0.2, 0) is 29.7 Å². The normalized spacial score (nSPS) is 22.8. The lowest BCUT2D eigenvalue weighted by atomic mass is 9.84. The summed E-state index contributed by atoms with van der Waals surface area (Å²) in [7, 11) is -1.62. The second-order valence-electron chi connectivity index (χ2n) is 15.4. The first kappa shape index (κ1) is 29.9.